The number of aryl methyl sites for hydroxylation is 1. The minimum absolute atomic E-state index is 0.121. The third-order valence-electron chi connectivity index (χ3n) is 4.20. The molecule has 0 N–H and O–H groups in total. The number of nitrogens with zero attached hydrogens (tertiary/aromatic N) is 1. The second-order valence-corrected chi connectivity index (χ2v) is 7.71. The average Bonchev–Trinajstić information content (AvgIpc) is 2.67. The van der Waals surface area contributed by atoms with E-state index in [-0.39, 0.29) is 10.9 Å². The molecular formula is C18H26B4FNO3S-2. The van der Waals surface area contributed by atoms with Crippen molar-refractivity contribution in [1.82, 2.24) is 4.31 Å². The van der Waals surface area contributed by atoms with E-state index in [1.54, 1.807) is 0 Å². The third kappa shape index (κ3) is 6.83. The first-order valence-electron chi connectivity index (χ1n) is 8.30. The molecule has 1 fully saturated rings. The molecule has 0 aliphatic carbocycles. The second kappa shape index (κ2) is 10.9. The molecule has 10 heteroatoms. The molecule has 1 aliphatic rings. The monoisotopic (exact) mass is 399 g/mol. The molecule has 0 amide bonds. The lowest BCUT2D eigenvalue weighted by molar-refractivity contribution is 0.0298. The minimum atomic E-state index is -3.65. The molecule has 1 unspecified atom stereocenters. The van der Waals surface area contributed by atoms with Crippen molar-refractivity contribution in [1.29, 1.82) is 0 Å². The number of morpholine rings is 1. The van der Waals surface area contributed by atoms with Crippen molar-refractivity contribution < 1.29 is 17.5 Å². The van der Waals surface area contributed by atoms with Gasteiger partial charge in [-0.2, -0.15) is 4.31 Å². The summed E-state index contributed by atoms with van der Waals surface area (Å²) in [5.41, 5.74) is 1.17. The zero-order valence-corrected chi connectivity index (χ0v) is 15.2. The predicted octanol–water partition coefficient (Wildman–Crippen LogP) is -0.281. The smallest absolute Gasteiger partial charge is 0.243 e. The maximum Gasteiger partial charge on any atom is 0.243 e. The van der Waals surface area contributed by atoms with E-state index >= 15 is 0 Å². The van der Waals surface area contributed by atoms with Gasteiger partial charge < -0.3 is 4.74 Å². The van der Waals surface area contributed by atoms with Crippen LogP contribution in [0.3, 0.4) is 0 Å². The zero-order valence-electron chi connectivity index (χ0n) is 14.4. The van der Waals surface area contributed by atoms with Gasteiger partial charge in [-0.25, -0.2) is 12.8 Å². The molecule has 4 nitrogen and oxygen atoms in total. The lowest BCUT2D eigenvalue weighted by atomic mass is 9.08. The number of rotatable bonds is 5. The van der Waals surface area contributed by atoms with E-state index < -0.39 is 15.8 Å². The van der Waals surface area contributed by atoms with E-state index in [0.717, 1.165) is 12.8 Å². The van der Waals surface area contributed by atoms with Gasteiger partial charge in [-0.15, -0.1) is 15.5 Å². The molecule has 28 heavy (non-hydrogen) atoms. The number of hydrogen-bond donors (Lipinski definition) is 0. The van der Waals surface area contributed by atoms with Crippen LogP contribution in [0.5, 0.6) is 0 Å². The summed E-state index contributed by atoms with van der Waals surface area (Å²) in [5, 5.41) is 0. The summed E-state index contributed by atoms with van der Waals surface area (Å²) in [6.07, 6.45) is 2.30. The van der Waals surface area contributed by atoms with Crippen molar-refractivity contribution in [3.63, 3.8) is 0 Å². The fourth-order valence-corrected chi connectivity index (χ4v) is 4.53. The molecule has 2 aromatic carbocycles. The summed E-state index contributed by atoms with van der Waals surface area (Å²) in [5.74, 6) is -0.448. The van der Waals surface area contributed by atoms with Crippen LogP contribution in [-0.2, 0) is 21.2 Å². The molecule has 0 saturated carbocycles. The van der Waals surface area contributed by atoms with Crippen molar-refractivity contribution >= 4 is 39.6 Å². The highest BCUT2D eigenvalue weighted by molar-refractivity contribution is 7.89. The van der Waals surface area contributed by atoms with Crippen LogP contribution in [0.1, 0.15) is 12.0 Å². The molecule has 0 spiro atoms. The van der Waals surface area contributed by atoms with Gasteiger partial charge in [-0.05, 0) is 42.7 Å². The maximum atomic E-state index is 13.1. The summed E-state index contributed by atoms with van der Waals surface area (Å²) in [4.78, 5) is 0.121. The summed E-state index contributed by atoms with van der Waals surface area (Å²) in [6.45, 7) is 1.08. The summed E-state index contributed by atoms with van der Waals surface area (Å²) < 4.78 is 45.8. The molecule has 1 saturated heterocycles. The Morgan fingerprint density at radius 3 is 2.36 bits per heavy atom. The van der Waals surface area contributed by atoms with Crippen molar-refractivity contribution in [3.8, 4) is 0 Å². The van der Waals surface area contributed by atoms with Gasteiger partial charge in [0.2, 0.25) is 10.0 Å². The normalized spacial score (nSPS) is 17.5. The van der Waals surface area contributed by atoms with Crippen LogP contribution in [0.15, 0.2) is 59.5 Å². The molecule has 148 valence electrons. The van der Waals surface area contributed by atoms with Gasteiger partial charge in [0.05, 0.1) is 18.1 Å². The Hall–Kier alpha value is -1.50. The van der Waals surface area contributed by atoms with Crippen molar-refractivity contribution in [2.45, 2.75) is 23.8 Å². The largest absolute Gasteiger partial charge is 0.378 e. The summed E-state index contributed by atoms with van der Waals surface area (Å²) >= 11 is 0. The first-order chi connectivity index (χ1) is 13.3. The minimum Gasteiger partial charge on any atom is -0.378 e. The Morgan fingerprint density at radius 1 is 1.14 bits per heavy atom. The zero-order chi connectivity index (χ0) is 20.6. The molecule has 0 aromatic heterocycles. The predicted molar refractivity (Wildman–Crippen MR) is 121 cm³/mol. The highest BCUT2D eigenvalue weighted by atomic mass is 32.2. The SMILES string of the molecule is O=S(=O)(c1ccc(F)cc1)N1CCOCC1CCc1ccccc1.[B]B([BH3-])[BH3-]. The number of sulfonamides is 1. The van der Waals surface area contributed by atoms with Crippen molar-refractivity contribution in [2.75, 3.05) is 19.8 Å². The van der Waals surface area contributed by atoms with Crippen LogP contribution < -0.4 is 0 Å². The average molecular weight is 399 g/mol. The number of halogens is 1. The molecule has 1 heterocycles. The van der Waals surface area contributed by atoms with E-state index in [2.05, 4.69) is 0 Å². The lowest BCUT2D eigenvalue weighted by Crippen LogP contribution is -2.48. The van der Waals surface area contributed by atoms with Crippen LogP contribution in [0.2, 0.25) is 0 Å². The van der Waals surface area contributed by atoms with Gasteiger partial charge in [0.25, 0.3) is 0 Å². The Kier molecular flexibility index (Phi) is 8.86. The van der Waals surface area contributed by atoms with Crippen LogP contribution in [0.4, 0.5) is 4.39 Å². The second-order valence-electron chi connectivity index (χ2n) is 5.82. The van der Waals surface area contributed by atoms with Crippen LogP contribution in [0, 0.1) is 5.82 Å². The van der Waals surface area contributed by atoms with E-state index in [9.17, 15) is 12.8 Å². The van der Waals surface area contributed by atoms with Crippen LogP contribution in [-0.4, -0.2) is 68.1 Å². The summed E-state index contributed by atoms with van der Waals surface area (Å²) in [6, 6.07) is 14.7. The Balaban J connectivity index is 0.000000640. The summed E-state index contributed by atoms with van der Waals surface area (Å²) in [7, 11) is 2.85. The quantitative estimate of drug-likeness (QED) is 0.651. The first kappa shape index (κ1) is 22.8. The van der Waals surface area contributed by atoms with Gasteiger partial charge in [-0.3, -0.25) is 6.39 Å². The number of benzene rings is 2. The van der Waals surface area contributed by atoms with Gasteiger partial charge in [0.1, 0.15) is 5.82 Å². The maximum absolute atomic E-state index is 13.1. The first-order valence-corrected chi connectivity index (χ1v) is 9.74. The molecule has 3 rings (SSSR count). The Morgan fingerprint density at radius 2 is 1.75 bits per heavy atom. The Bertz CT molecular complexity index is 820. The van der Waals surface area contributed by atoms with Gasteiger partial charge >= 0.3 is 0 Å². The van der Waals surface area contributed by atoms with E-state index in [1.807, 2.05) is 30.3 Å². The standard InChI is InChI=1S/C18H20FNO3S.B4H6/c19-16-7-10-18(11-8-16)24(21,22)20-12-13-23-14-17(20)9-6-15-4-2-1-3-5-15;1-4(2)3/h1-5,7-8,10-11,17H,6,9,12-14H2;1-2H3/q;-2. The molecule has 1 atom stereocenters. The van der Waals surface area contributed by atoms with Gasteiger partial charge in [0, 0.05) is 12.6 Å². The Labute approximate surface area is 171 Å². The number of hydrogen-bond acceptors (Lipinski definition) is 3. The van der Waals surface area contributed by atoms with Crippen LogP contribution in [0.25, 0.3) is 0 Å². The fourth-order valence-electron chi connectivity index (χ4n) is 2.90. The lowest BCUT2D eigenvalue weighted by Gasteiger charge is -2.34. The fraction of sp³-hybridized carbons (Fsp3) is 0.333. The van der Waals surface area contributed by atoms with Crippen molar-refractivity contribution in [3.05, 3.63) is 66.0 Å². The third-order valence-corrected chi connectivity index (χ3v) is 6.17. The van der Waals surface area contributed by atoms with Crippen LogP contribution >= 0.6 is 0 Å². The van der Waals surface area contributed by atoms with E-state index in [0.29, 0.717) is 41.7 Å². The molecule has 2 radical (unpaired) electrons. The molecule has 1 aliphatic heterocycles. The molecule has 2 aromatic rings. The molecular weight excluding hydrogens is 373 g/mol. The van der Waals surface area contributed by atoms with E-state index in [4.69, 9.17) is 12.5 Å². The highest BCUT2D eigenvalue weighted by Crippen LogP contribution is 2.23. The van der Waals surface area contributed by atoms with E-state index in [1.165, 1.54) is 34.1 Å². The molecule has 0 bridgehead atoms. The highest BCUT2D eigenvalue weighted by Gasteiger charge is 2.33. The van der Waals surface area contributed by atoms with Gasteiger partial charge in [0.15, 0.2) is 0 Å². The van der Waals surface area contributed by atoms with Gasteiger partial charge in [-0.1, -0.05) is 38.1 Å². The number of ether oxygens (including phenoxy) is 1. The topological polar surface area (TPSA) is 46.6 Å². The van der Waals surface area contributed by atoms with Crippen molar-refractivity contribution in [2.24, 2.45) is 0 Å².